The molecule has 2 rings (SSSR count). The molecule has 1 aromatic carbocycles. The summed E-state index contributed by atoms with van der Waals surface area (Å²) < 4.78 is 0. The van der Waals surface area contributed by atoms with Crippen LogP contribution in [0.2, 0.25) is 0 Å². The molecule has 0 aromatic heterocycles. The molecule has 1 saturated heterocycles. The average Bonchev–Trinajstić information content (AvgIpc) is 2.27. The molecule has 1 fully saturated rings. The first-order valence-electron chi connectivity index (χ1n) is 6.47. The molecule has 18 heavy (non-hydrogen) atoms. The van der Waals surface area contributed by atoms with Crippen LogP contribution in [0.4, 0.5) is 5.69 Å². The highest BCUT2D eigenvalue weighted by atomic mass is 15.2. The van der Waals surface area contributed by atoms with Crippen molar-refractivity contribution >= 4 is 5.69 Å². The summed E-state index contributed by atoms with van der Waals surface area (Å²) >= 11 is 0. The fraction of sp³-hybridized carbons (Fsp3) is 0.533. The minimum absolute atomic E-state index is 0.0437. The number of rotatable bonds is 2. The molecule has 1 unspecified atom stereocenters. The van der Waals surface area contributed by atoms with Crippen molar-refractivity contribution < 1.29 is 0 Å². The van der Waals surface area contributed by atoms with E-state index in [-0.39, 0.29) is 11.6 Å². The Morgan fingerprint density at radius 3 is 2.83 bits per heavy atom. The van der Waals surface area contributed by atoms with Gasteiger partial charge in [-0.25, -0.2) is 0 Å². The minimum atomic E-state index is 0.0437. The molecule has 96 valence electrons. The quantitative estimate of drug-likeness (QED) is 0.867. The molecule has 1 aliphatic rings. The lowest BCUT2D eigenvalue weighted by molar-refractivity contribution is 0.291. The van der Waals surface area contributed by atoms with Gasteiger partial charge in [-0.05, 0) is 32.4 Å². The first-order chi connectivity index (χ1) is 8.52. The number of hydrogen-bond donors (Lipinski definition) is 1. The van der Waals surface area contributed by atoms with Gasteiger partial charge in [0.15, 0.2) is 0 Å². The Hall–Kier alpha value is -1.53. The maximum Gasteiger partial charge on any atom is 0.0638 e. The molecule has 0 spiro atoms. The van der Waals surface area contributed by atoms with Gasteiger partial charge >= 0.3 is 0 Å². The zero-order chi connectivity index (χ0) is 13.2. The molecule has 1 N–H and O–H groups in total. The second-order valence-electron chi connectivity index (χ2n) is 5.75. The van der Waals surface area contributed by atoms with E-state index in [1.807, 2.05) is 0 Å². The van der Waals surface area contributed by atoms with Crippen molar-refractivity contribution in [2.75, 3.05) is 18.0 Å². The zero-order valence-corrected chi connectivity index (χ0v) is 11.4. The Morgan fingerprint density at radius 2 is 2.17 bits per heavy atom. The molecule has 1 atom stereocenters. The SMILES string of the molecule is Cc1ccccc1N1CC(CC#N)NC(C)(C)C1. The molecule has 1 heterocycles. The van der Waals surface area contributed by atoms with Crippen LogP contribution in [0.25, 0.3) is 0 Å². The number of anilines is 1. The molecule has 1 aromatic rings. The van der Waals surface area contributed by atoms with Gasteiger partial charge in [0.2, 0.25) is 0 Å². The normalized spacial score (nSPS) is 22.6. The van der Waals surface area contributed by atoms with Gasteiger partial charge in [-0.15, -0.1) is 0 Å². The first-order valence-corrected chi connectivity index (χ1v) is 6.47. The lowest BCUT2D eigenvalue weighted by Gasteiger charge is -2.44. The molecule has 3 nitrogen and oxygen atoms in total. The van der Waals surface area contributed by atoms with Crippen LogP contribution in [-0.2, 0) is 0 Å². The molecule has 0 radical (unpaired) electrons. The highest BCUT2D eigenvalue weighted by Crippen LogP contribution is 2.25. The van der Waals surface area contributed by atoms with Crippen LogP contribution in [0.15, 0.2) is 24.3 Å². The molecule has 0 bridgehead atoms. The lowest BCUT2D eigenvalue weighted by atomic mass is 9.96. The Kier molecular flexibility index (Phi) is 3.58. The third kappa shape index (κ3) is 2.83. The van der Waals surface area contributed by atoms with E-state index < -0.39 is 0 Å². The predicted octanol–water partition coefficient (Wildman–Crippen LogP) is 2.47. The van der Waals surface area contributed by atoms with Crippen molar-refractivity contribution in [2.24, 2.45) is 0 Å². The number of nitrogens with one attached hydrogen (secondary N) is 1. The van der Waals surface area contributed by atoms with E-state index in [2.05, 4.69) is 61.3 Å². The van der Waals surface area contributed by atoms with Gasteiger partial charge in [0.25, 0.3) is 0 Å². The Morgan fingerprint density at radius 1 is 1.44 bits per heavy atom. The standard InChI is InChI=1S/C15H21N3/c1-12-6-4-5-7-14(12)18-10-13(8-9-16)17-15(2,3)11-18/h4-7,13,17H,8,10-11H2,1-3H3. The van der Waals surface area contributed by atoms with Crippen LogP contribution < -0.4 is 10.2 Å². The summed E-state index contributed by atoms with van der Waals surface area (Å²) in [6, 6.07) is 11.0. The van der Waals surface area contributed by atoms with Crippen molar-refractivity contribution in [1.29, 1.82) is 5.26 Å². The van der Waals surface area contributed by atoms with Crippen molar-refractivity contribution in [3.8, 4) is 6.07 Å². The lowest BCUT2D eigenvalue weighted by Crippen LogP contribution is -2.62. The van der Waals surface area contributed by atoms with Gasteiger partial charge < -0.3 is 10.2 Å². The van der Waals surface area contributed by atoms with Crippen LogP contribution in [-0.4, -0.2) is 24.7 Å². The summed E-state index contributed by atoms with van der Waals surface area (Å²) in [5, 5.41) is 12.4. The fourth-order valence-electron chi connectivity index (χ4n) is 2.78. The summed E-state index contributed by atoms with van der Waals surface area (Å²) in [5.41, 5.74) is 2.63. The van der Waals surface area contributed by atoms with E-state index in [0.717, 1.165) is 13.1 Å². The largest absolute Gasteiger partial charge is 0.368 e. The number of hydrogen-bond acceptors (Lipinski definition) is 3. The molecule has 0 amide bonds. The molecule has 0 saturated carbocycles. The van der Waals surface area contributed by atoms with Crippen molar-refractivity contribution in [2.45, 2.75) is 38.8 Å². The van der Waals surface area contributed by atoms with E-state index in [4.69, 9.17) is 5.26 Å². The Balaban J connectivity index is 2.23. The molecule has 3 heteroatoms. The minimum Gasteiger partial charge on any atom is -0.368 e. The number of para-hydroxylation sites is 1. The Labute approximate surface area is 109 Å². The number of piperazine rings is 1. The van der Waals surface area contributed by atoms with Gasteiger partial charge in [-0.3, -0.25) is 0 Å². The van der Waals surface area contributed by atoms with E-state index in [1.165, 1.54) is 11.3 Å². The van der Waals surface area contributed by atoms with E-state index >= 15 is 0 Å². The molecule has 0 aliphatic carbocycles. The molecule has 1 aliphatic heterocycles. The fourth-order valence-corrected chi connectivity index (χ4v) is 2.78. The van der Waals surface area contributed by atoms with Crippen molar-refractivity contribution in [3.05, 3.63) is 29.8 Å². The van der Waals surface area contributed by atoms with Gasteiger partial charge in [0, 0.05) is 30.4 Å². The molecular formula is C15H21N3. The zero-order valence-electron chi connectivity index (χ0n) is 11.4. The van der Waals surface area contributed by atoms with E-state index in [9.17, 15) is 0 Å². The van der Waals surface area contributed by atoms with Gasteiger partial charge in [0.1, 0.15) is 0 Å². The summed E-state index contributed by atoms with van der Waals surface area (Å²) in [6.07, 6.45) is 0.561. The van der Waals surface area contributed by atoms with Crippen LogP contribution in [0, 0.1) is 18.3 Å². The highest BCUT2D eigenvalue weighted by Gasteiger charge is 2.32. The first kappa shape index (κ1) is 12.9. The third-order valence-electron chi connectivity index (χ3n) is 3.42. The van der Waals surface area contributed by atoms with Crippen LogP contribution in [0.5, 0.6) is 0 Å². The summed E-state index contributed by atoms with van der Waals surface area (Å²) in [6.45, 7) is 8.41. The van der Waals surface area contributed by atoms with Crippen molar-refractivity contribution in [3.63, 3.8) is 0 Å². The molecular weight excluding hydrogens is 222 g/mol. The van der Waals surface area contributed by atoms with E-state index in [1.54, 1.807) is 0 Å². The third-order valence-corrected chi connectivity index (χ3v) is 3.42. The second kappa shape index (κ2) is 4.99. The summed E-state index contributed by atoms with van der Waals surface area (Å²) in [5.74, 6) is 0. The number of aryl methyl sites for hydroxylation is 1. The van der Waals surface area contributed by atoms with Crippen LogP contribution >= 0.6 is 0 Å². The van der Waals surface area contributed by atoms with Gasteiger partial charge in [-0.2, -0.15) is 5.26 Å². The van der Waals surface area contributed by atoms with Gasteiger partial charge in [-0.1, -0.05) is 18.2 Å². The maximum atomic E-state index is 8.89. The highest BCUT2D eigenvalue weighted by molar-refractivity contribution is 5.54. The average molecular weight is 243 g/mol. The monoisotopic (exact) mass is 243 g/mol. The van der Waals surface area contributed by atoms with Crippen LogP contribution in [0.3, 0.4) is 0 Å². The Bertz CT molecular complexity index is 459. The maximum absolute atomic E-state index is 8.89. The summed E-state index contributed by atoms with van der Waals surface area (Å²) in [7, 11) is 0. The predicted molar refractivity (Wildman–Crippen MR) is 74.6 cm³/mol. The van der Waals surface area contributed by atoms with E-state index in [0.29, 0.717) is 6.42 Å². The number of nitriles is 1. The van der Waals surface area contributed by atoms with Gasteiger partial charge in [0.05, 0.1) is 12.5 Å². The number of nitrogens with zero attached hydrogens (tertiary/aromatic N) is 2. The second-order valence-corrected chi connectivity index (χ2v) is 5.75. The topological polar surface area (TPSA) is 39.1 Å². The van der Waals surface area contributed by atoms with Crippen molar-refractivity contribution in [1.82, 2.24) is 5.32 Å². The van der Waals surface area contributed by atoms with Crippen LogP contribution in [0.1, 0.15) is 25.8 Å². The summed E-state index contributed by atoms with van der Waals surface area (Å²) in [4.78, 5) is 2.40. The number of benzene rings is 1. The smallest absolute Gasteiger partial charge is 0.0638 e.